The van der Waals surface area contributed by atoms with E-state index < -0.39 is 23.5 Å². The summed E-state index contributed by atoms with van der Waals surface area (Å²) in [7, 11) is 0. The zero-order valence-corrected chi connectivity index (χ0v) is 21.9. The summed E-state index contributed by atoms with van der Waals surface area (Å²) < 4.78 is 42.3. The number of benzene rings is 2. The Morgan fingerprint density at radius 1 is 1.00 bits per heavy atom. The standard InChI is InChI=1S/C28H20ClF3N6O2/c1-15-20(9-12-22(34-15)28(30,31)32)14-37-27(40)24(19-5-3-17(13-33)4-6-19)23(18-7-10-21(29)11-8-18)26-36-35-25(16(2)39)38(26)37/h3-12,16,39H,14H2,1-2H3. The lowest BCUT2D eigenvalue weighted by atomic mass is 9.96. The van der Waals surface area contributed by atoms with Gasteiger partial charge in [-0.2, -0.15) is 18.4 Å². The average molecular weight is 565 g/mol. The third-order valence-corrected chi connectivity index (χ3v) is 6.70. The van der Waals surface area contributed by atoms with E-state index in [0.717, 1.165) is 6.07 Å². The molecule has 1 unspecified atom stereocenters. The summed E-state index contributed by atoms with van der Waals surface area (Å²) >= 11 is 6.12. The SMILES string of the molecule is Cc1nc(C(F)(F)F)ccc1Cn1c(=O)c(-c2ccc(C#N)cc2)c(-c2ccc(Cl)cc2)c2nnc(C(C)O)n21. The molecule has 0 aliphatic rings. The largest absolute Gasteiger partial charge is 0.433 e. The monoisotopic (exact) mass is 564 g/mol. The van der Waals surface area contributed by atoms with Crippen molar-refractivity contribution >= 4 is 17.2 Å². The van der Waals surface area contributed by atoms with Crippen LogP contribution in [-0.4, -0.2) is 29.5 Å². The molecule has 0 saturated heterocycles. The molecule has 5 rings (SSSR count). The van der Waals surface area contributed by atoms with Crippen LogP contribution in [0.2, 0.25) is 5.02 Å². The number of hydrogen-bond acceptors (Lipinski definition) is 6. The van der Waals surface area contributed by atoms with E-state index in [1.54, 1.807) is 48.5 Å². The molecule has 0 bridgehead atoms. The van der Waals surface area contributed by atoms with Crippen molar-refractivity contribution < 1.29 is 18.3 Å². The van der Waals surface area contributed by atoms with Crippen LogP contribution in [0, 0.1) is 18.3 Å². The fraction of sp³-hybridized carbons (Fsp3) is 0.179. The molecule has 5 aromatic rings. The second-order valence-corrected chi connectivity index (χ2v) is 9.55. The van der Waals surface area contributed by atoms with Crippen LogP contribution in [0.1, 0.15) is 41.4 Å². The Labute approximate surface area is 230 Å². The van der Waals surface area contributed by atoms with Gasteiger partial charge in [-0.1, -0.05) is 41.9 Å². The van der Waals surface area contributed by atoms with Gasteiger partial charge in [0.1, 0.15) is 11.8 Å². The zero-order chi connectivity index (χ0) is 28.8. The van der Waals surface area contributed by atoms with Gasteiger partial charge in [0.25, 0.3) is 5.56 Å². The molecule has 0 radical (unpaired) electrons. The molecule has 1 atom stereocenters. The van der Waals surface area contributed by atoms with Gasteiger partial charge in [0.2, 0.25) is 0 Å². The highest BCUT2D eigenvalue weighted by Gasteiger charge is 2.33. The second-order valence-electron chi connectivity index (χ2n) is 9.12. The van der Waals surface area contributed by atoms with Crippen LogP contribution in [0.15, 0.2) is 65.5 Å². The van der Waals surface area contributed by atoms with Crippen molar-refractivity contribution in [3.8, 4) is 28.3 Å². The van der Waals surface area contributed by atoms with Gasteiger partial charge in [0.15, 0.2) is 11.5 Å². The topological polar surface area (TPSA) is 109 Å². The summed E-state index contributed by atoms with van der Waals surface area (Å²) in [6.07, 6.45) is -5.75. The minimum Gasteiger partial charge on any atom is -0.385 e. The Morgan fingerprint density at radius 3 is 2.20 bits per heavy atom. The normalized spacial score (nSPS) is 12.4. The molecule has 2 aromatic carbocycles. The van der Waals surface area contributed by atoms with Crippen LogP contribution >= 0.6 is 11.6 Å². The highest BCUT2D eigenvalue weighted by Crippen LogP contribution is 2.35. The first-order valence-electron chi connectivity index (χ1n) is 12.0. The van der Waals surface area contributed by atoms with E-state index in [0.29, 0.717) is 32.8 Å². The Balaban J connectivity index is 1.85. The number of alkyl halides is 3. The first-order chi connectivity index (χ1) is 19.0. The van der Waals surface area contributed by atoms with E-state index in [1.165, 1.54) is 29.1 Å². The number of halogens is 4. The highest BCUT2D eigenvalue weighted by molar-refractivity contribution is 6.30. The van der Waals surface area contributed by atoms with E-state index in [1.807, 2.05) is 6.07 Å². The molecule has 1 N–H and O–H groups in total. The van der Waals surface area contributed by atoms with Gasteiger partial charge < -0.3 is 5.11 Å². The van der Waals surface area contributed by atoms with Gasteiger partial charge in [-0.25, -0.2) is 14.2 Å². The quantitative estimate of drug-likeness (QED) is 0.299. The molecule has 3 heterocycles. The first-order valence-corrected chi connectivity index (χ1v) is 12.4. The average Bonchev–Trinajstić information content (AvgIpc) is 3.36. The van der Waals surface area contributed by atoms with Gasteiger partial charge in [-0.15, -0.1) is 10.2 Å². The number of aliphatic hydroxyl groups is 1. The fourth-order valence-electron chi connectivity index (χ4n) is 4.47. The van der Waals surface area contributed by atoms with Crippen molar-refractivity contribution in [2.24, 2.45) is 0 Å². The summed E-state index contributed by atoms with van der Waals surface area (Å²) in [4.78, 5) is 18.0. The Morgan fingerprint density at radius 2 is 1.62 bits per heavy atom. The third kappa shape index (κ3) is 4.83. The van der Waals surface area contributed by atoms with E-state index in [9.17, 15) is 28.3 Å². The van der Waals surface area contributed by atoms with Crippen LogP contribution < -0.4 is 5.56 Å². The maximum absolute atomic E-state index is 14.3. The molecule has 3 aromatic heterocycles. The fourth-order valence-corrected chi connectivity index (χ4v) is 4.60. The number of nitriles is 1. The number of rotatable bonds is 5. The smallest absolute Gasteiger partial charge is 0.385 e. The van der Waals surface area contributed by atoms with Crippen LogP contribution in [-0.2, 0) is 12.7 Å². The van der Waals surface area contributed by atoms with Crippen molar-refractivity contribution in [1.29, 1.82) is 5.26 Å². The van der Waals surface area contributed by atoms with Gasteiger partial charge in [0.05, 0.1) is 23.7 Å². The minimum absolute atomic E-state index is 0.0613. The molecule has 0 aliphatic carbocycles. The van der Waals surface area contributed by atoms with Crippen molar-refractivity contribution in [2.45, 2.75) is 32.7 Å². The molecule has 12 heteroatoms. The third-order valence-electron chi connectivity index (χ3n) is 6.44. The first kappa shape index (κ1) is 27.1. The predicted octanol–water partition coefficient (Wildman–Crippen LogP) is 5.57. The molecule has 202 valence electrons. The summed E-state index contributed by atoms with van der Waals surface area (Å²) in [6, 6.07) is 17.3. The van der Waals surface area contributed by atoms with Crippen LogP contribution in [0.4, 0.5) is 13.2 Å². The number of nitrogens with zero attached hydrogens (tertiary/aromatic N) is 6. The van der Waals surface area contributed by atoms with E-state index in [-0.39, 0.29) is 29.3 Å². The maximum atomic E-state index is 14.3. The molecule has 0 saturated carbocycles. The lowest BCUT2D eigenvalue weighted by molar-refractivity contribution is -0.141. The molecular formula is C28H20ClF3N6O2. The number of aromatic nitrogens is 5. The van der Waals surface area contributed by atoms with Crippen molar-refractivity contribution in [3.63, 3.8) is 0 Å². The minimum atomic E-state index is -4.62. The molecular weight excluding hydrogens is 545 g/mol. The van der Waals surface area contributed by atoms with E-state index in [2.05, 4.69) is 15.2 Å². The lowest BCUT2D eigenvalue weighted by Crippen LogP contribution is -2.31. The van der Waals surface area contributed by atoms with Crippen LogP contribution in [0.3, 0.4) is 0 Å². The number of pyridine rings is 1. The lowest BCUT2D eigenvalue weighted by Gasteiger charge is -2.19. The Hall–Kier alpha value is -4.53. The highest BCUT2D eigenvalue weighted by atomic mass is 35.5. The summed E-state index contributed by atoms with van der Waals surface area (Å²) in [5.74, 6) is 0.0613. The summed E-state index contributed by atoms with van der Waals surface area (Å²) in [5, 5.41) is 28.7. The Kier molecular flexibility index (Phi) is 6.91. The van der Waals surface area contributed by atoms with Gasteiger partial charge in [0, 0.05) is 16.3 Å². The second kappa shape index (κ2) is 10.2. The number of fused-ring (bicyclic) bond motifs is 1. The zero-order valence-electron chi connectivity index (χ0n) is 21.1. The van der Waals surface area contributed by atoms with Crippen molar-refractivity contribution in [2.75, 3.05) is 0 Å². The Bertz CT molecular complexity index is 1840. The number of aryl methyl sites for hydroxylation is 1. The molecule has 8 nitrogen and oxygen atoms in total. The van der Waals surface area contributed by atoms with E-state index in [4.69, 9.17) is 11.6 Å². The number of aliphatic hydroxyl groups excluding tert-OH is 1. The molecule has 0 fully saturated rings. The van der Waals surface area contributed by atoms with Gasteiger partial charge >= 0.3 is 6.18 Å². The van der Waals surface area contributed by atoms with E-state index >= 15 is 0 Å². The van der Waals surface area contributed by atoms with Crippen molar-refractivity contribution in [1.82, 2.24) is 24.4 Å². The summed E-state index contributed by atoms with van der Waals surface area (Å²) in [6.45, 7) is 2.71. The molecule has 40 heavy (non-hydrogen) atoms. The van der Waals surface area contributed by atoms with Gasteiger partial charge in [-0.05, 0) is 60.9 Å². The summed E-state index contributed by atoms with van der Waals surface area (Å²) in [5.41, 5.74) is 1.20. The molecule has 0 aliphatic heterocycles. The van der Waals surface area contributed by atoms with Crippen LogP contribution in [0.5, 0.6) is 0 Å². The maximum Gasteiger partial charge on any atom is 0.433 e. The van der Waals surface area contributed by atoms with Crippen LogP contribution in [0.25, 0.3) is 27.9 Å². The van der Waals surface area contributed by atoms with Crippen molar-refractivity contribution in [3.05, 3.63) is 104 Å². The molecule has 0 amide bonds. The van der Waals surface area contributed by atoms with Gasteiger partial charge in [-0.3, -0.25) is 4.79 Å². The predicted molar refractivity (Wildman–Crippen MR) is 142 cm³/mol. The number of hydrogen-bond donors (Lipinski definition) is 1. The molecule has 0 spiro atoms.